The number of benzene rings is 2. The van der Waals surface area contributed by atoms with Crippen molar-refractivity contribution in [2.75, 3.05) is 0 Å². The van der Waals surface area contributed by atoms with Gasteiger partial charge in [-0.15, -0.1) is 0 Å². The highest BCUT2D eigenvalue weighted by Crippen LogP contribution is 2.44. The third kappa shape index (κ3) is 5.44. The number of carbonyl (C=O) groups is 1. The Morgan fingerprint density at radius 2 is 1.54 bits per heavy atom. The Kier molecular flexibility index (Phi) is 7.36. The molecule has 0 spiro atoms. The second-order valence-corrected chi connectivity index (χ2v) is 7.73. The number of esters is 1. The van der Waals surface area contributed by atoms with E-state index in [0.29, 0.717) is 12.0 Å². The first-order valence-electron chi connectivity index (χ1n) is 9.49. The van der Waals surface area contributed by atoms with Gasteiger partial charge in [-0.1, -0.05) is 62.4 Å². The van der Waals surface area contributed by atoms with E-state index in [9.17, 15) is 15.3 Å². The second-order valence-electron chi connectivity index (χ2n) is 7.73. The Hall–Kier alpha value is -3.11. The van der Waals surface area contributed by atoms with Gasteiger partial charge >= 0.3 is 5.97 Å². The monoisotopic (exact) mass is 374 g/mol. The van der Waals surface area contributed by atoms with Gasteiger partial charge in [0.15, 0.2) is 0 Å². The maximum atomic E-state index is 12.2. The molecule has 28 heavy (non-hydrogen) atoms. The fourth-order valence-electron chi connectivity index (χ4n) is 3.55. The fourth-order valence-corrected chi connectivity index (χ4v) is 3.55. The molecule has 0 aromatic heterocycles. The highest BCUT2D eigenvalue weighted by Gasteiger charge is 2.37. The standard InChI is InChI=1S/C24H26N2O2/c1-18(28-23(27)20-12-8-5-9-13-20)14-15-24(2,3)22(21(16-25)17-26)19-10-6-4-7-11-19/h4-13,18,21-22H,14-15H2,1-3H3. The van der Waals surface area contributed by atoms with E-state index in [1.165, 1.54) is 0 Å². The van der Waals surface area contributed by atoms with Gasteiger partial charge in [-0.2, -0.15) is 10.5 Å². The number of rotatable bonds is 8. The van der Waals surface area contributed by atoms with Crippen LogP contribution in [-0.2, 0) is 4.74 Å². The molecule has 2 rings (SSSR count). The molecule has 0 amide bonds. The van der Waals surface area contributed by atoms with E-state index < -0.39 is 5.92 Å². The molecule has 2 unspecified atom stereocenters. The summed E-state index contributed by atoms with van der Waals surface area (Å²) in [6, 6.07) is 22.9. The Morgan fingerprint density at radius 3 is 2.07 bits per heavy atom. The van der Waals surface area contributed by atoms with Crippen molar-refractivity contribution in [3.63, 3.8) is 0 Å². The van der Waals surface area contributed by atoms with Gasteiger partial charge in [0.05, 0.1) is 23.8 Å². The van der Waals surface area contributed by atoms with Crippen molar-refractivity contribution in [1.82, 2.24) is 0 Å². The Morgan fingerprint density at radius 1 is 1.00 bits per heavy atom. The molecule has 4 heteroatoms. The molecule has 0 aliphatic rings. The number of nitriles is 2. The van der Waals surface area contributed by atoms with Crippen LogP contribution in [0, 0.1) is 34.0 Å². The van der Waals surface area contributed by atoms with E-state index in [1.807, 2.05) is 43.3 Å². The van der Waals surface area contributed by atoms with Crippen molar-refractivity contribution in [2.45, 2.75) is 45.6 Å². The lowest BCUT2D eigenvalue weighted by Gasteiger charge is -2.36. The van der Waals surface area contributed by atoms with E-state index in [4.69, 9.17) is 4.74 Å². The summed E-state index contributed by atoms with van der Waals surface area (Å²) in [7, 11) is 0. The molecule has 0 N–H and O–H groups in total. The molecule has 0 saturated carbocycles. The lowest BCUT2D eigenvalue weighted by Crippen LogP contribution is -2.29. The Labute approximate surface area is 167 Å². The molecular formula is C24H26N2O2. The molecule has 2 aromatic rings. The van der Waals surface area contributed by atoms with Crippen LogP contribution in [0.1, 0.15) is 55.5 Å². The van der Waals surface area contributed by atoms with Crippen LogP contribution >= 0.6 is 0 Å². The zero-order valence-corrected chi connectivity index (χ0v) is 16.6. The van der Waals surface area contributed by atoms with E-state index in [1.54, 1.807) is 24.3 Å². The zero-order chi connectivity index (χ0) is 20.6. The molecule has 2 aromatic carbocycles. The third-order valence-corrected chi connectivity index (χ3v) is 5.13. The summed E-state index contributed by atoms with van der Waals surface area (Å²) >= 11 is 0. The number of hydrogen-bond donors (Lipinski definition) is 0. The first kappa shape index (κ1) is 21.2. The summed E-state index contributed by atoms with van der Waals surface area (Å²) in [5.41, 5.74) is 1.20. The van der Waals surface area contributed by atoms with E-state index in [0.717, 1.165) is 12.0 Å². The number of carbonyl (C=O) groups excluding carboxylic acids is 1. The smallest absolute Gasteiger partial charge is 0.338 e. The van der Waals surface area contributed by atoms with Crippen LogP contribution in [0.25, 0.3) is 0 Å². The maximum Gasteiger partial charge on any atom is 0.338 e. The molecule has 0 aliphatic heterocycles. The largest absolute Gasteiger partial charge is 0.459 e. The van der Waals surface area contributed by atoms with Gasteiger partial charge in [0.1, 0.15) is 5.92 Å². The first-order chi connectivity index (χ1) is 13.4. The molecule has 0 radical (unpaired) electrons. The summed E-state index contributed by atoms with van der Waals surface area (Å²) in [5.74, 6) is -1.29. The van der Waals surface area contributed by atoms with Crippen molar-refractivity contribution in [3.05, 3.63) is 71.8 Å². The topological polar surface area (TPSA) is 73.9 Å². The van der Waals surface area contributed by atoms with Crippen molar-refractivity contribution in [1.29, 1.82) is 10.5 Å². The van der Waals surface area contributed by atoms with Crippen LogP contribution < -0.4 is 0 Å². The van der Waals surface area contributed by atoms with Gasteiger partial charge in [-0.25, -0.2) is 4.79 Å². The van der Waals surface area contributed by atoms with Gasteiger partial charge in [-0.3, -0.25) is 0 Å². The van der Waals surface area contributed by atoms with Crippen LogP contribution in [0.5, 0.6) is 0 Å². The second kappa shape index (κ2) is 9.72. The summed E-state index contributed by atoms with van der Waals surface area (Å²) in [6.07, 6.45) is 1.11. The van der Waals surface area contributed by atoms with Crippen LogP contribution in [-0.4, -0.2) is 12.1 Å². The van der Waals surface area contributed by atoms with Crippen LogP contribution in [0.3, 0.4) is 0 Å². The van der Waals surface area contributed by atoms with Crippen molar-refractivity contribution >= 4 is 5.97 Å². The summed E-state index contributed by atoms with van der Waals surface area (Å²) in [5, 5.41) is 19.0. The molecule has 0 fully saturated rings. The van der Waals surface area contributed by atoms with Gasteiger partial charge in [-0.05, 0) is 42.9 Å². The van der Waals surface area contributed by atoms with E-state index in [2.05, 4.69) is 26.0 Å². The Bertz CT molecular complexity index is 834. The predicted molar refractivity (Wildman–Crippen MR) is 108 cm³/mol. The molecule has 144 valence electrons. The average Bonchev–Trinajstić information content (AvgIpc) is 2.71. The minimum atomic E-state index is -0.737. The van der Waals surface area contributed by atoms with Gasteiger partial charge in [0, 0.05) is 5.92 Å². The van der Waals surface area contributed by atoms with Crippen molar-refractivity contribution in [2.24, 2.45) is 11.3 Å². The normalized spacial score (nSPS) is 13.2. The minimum Gasteiger partial charge on any atom is -0.459 e. The zero-order valence-electron chi connectivity index (χ0n) is 16.6. The first-order valence-corrected chi connectivity index (χ1v) is 9.49. The summed E-state index contributed by atoms with van der Waals surface area (Å²) in [4.78, 5) is 12.2. The molecular weight excluding hydrogens is 348 g/mol. The Balaban J connectivity index is 2.08. The fraction of sp³-hybridized carbons (Fsp3) is 0.375. The molecule has 2 atom stereocenters. The molecule has 0 aliphatic carbocycles. The summed E-state index contributed by atoms with van der Waals surface area (Å²) in [6.45, 7) is 6.01. The van der Waals surface area contributed by atoms with E-state index in [-0.39, 0.29) is 23.4 Å². The third-order valence-electron chi connectivity index (χ3n) is 5.13. The summed E-state index contributed by atoms with van der Waals surface area (Å²) < 4.78 is 5.56. The molecule has 0 heterocycles. The molecule has 0 bridgehead atoms. The van der Waals surface area contributed by atoms with Gasteiger partial charge < -0.3 is 4.74 Å². The predicted octanol–water partition coefficient (Wildman–Crippen LogP) is 5.49. The lowest BCUT2D eigenvalue weighted by molar-refractivity contribution is 0.0288. The highest BCUT2D eigenvalue weighted by atomic mass is 16.5. The van der Waals surface area contributed by atoms with E-state index >= 15 is 0 Å². The van der Waals surface area contributed by atoms with Crippen LogP contribution in [0.4, 0.5) is 0 Å². The van der Waals surface area contributed by atoms with Crippen LogP contribution in [0.15, 0.2) is 60.7 Å². The SMILES string of the molecule is CC(CCC(C)(C)C(c1ccccc1)C(C#N)C#N)OC(=O)c1ccccc1. The highest BCUT2D eigenvalue weighted by molar-refractivity contribution is 5.89. The quantitative estimate of drug-likeness (QED) is 0.573. The average molecular weight is 374 g/mol. The lowest BCUT2D eigenvalue weighted by atomic mass is 9.66. The molecule has 4 nitrogen and oxygen atoms in total. The van der Waals surface area contributed by atoms with Gasteiger partial charge in [0.25, 0.3) is 0 Å². The van der Waals surface area contributed by atoms with Gasteiger partial charge in [0.2, 0.25) is 0 Å². The minimum absolute atomic E-state index is 0.222. The van der Waals surface area contributed by atoms with Crippen molar-refractivity contribution < 1.29 is 9.53 Å². The molecule has 0 saturated heterocycles. The number of nitrogens with zero attached hydrogens (tertiary/aromatic N) is 2. The number of ether oxygens (including phenoxy) is 1. The number of hydrogen-bond acceptors (Lipinski definition) is 4. The van der Waals surface area contributed by atoms with Crippen molar-refractivity contribution in [3.8, 4) is 12.1 Å². The van der Waals surface area contributed by atoms with Crippen LogP contribution in [0.2, 0.25) is 0 Å². The maximum absolute atomic E-state index is 12.2.